The third kappa shape index (κ3) is 3.52. The van der Waals surface area contributed by atoms with Crippen molar-refractivity contribution in [1.82, 2.24) is 4.90 Å². The van der Waals surface area contributed by atoms with Gasteiger partial charge in [0, 0.05) is 25.9 Å². The summed E-state index contributed by atoms with van der Waals surface area (Å²) in [4.78, 5) is 33.9. The van der Waals surface area contributed by atoms with Crippen LogP contribution in [0.1, 0.15) is 25.7 Å². The molecule has 0 aromatic heterocycles. The minimum Gasteiger partial charge on any atom is -0.481 e. The molecule has 1 fully saturated rings. The highest BCUT2D eigenvalue weighted by molar-refractivity contribution is 5.79. The van der Waals surface area contributed by atoms with Crippen molar-refractivity contribution in [3.05, 3.63) is 0 Å². The summed E-state index contributed by atoms with van der Waals surface area (Å²) in [6.45, 7) is 0.712. The SMILES string of the molecule is O=C(O)CCCC(=O)N1CCC(C(=O)O)C1. The van der Waals surface area contributed by atoms with Crippen LogP contribution in [-0.4, -0.2) is 46.0 Å². The van der Waals surface area contributed by atoms with Crippen molar-refractivity contribution in [3.8, 4) is 0 Å². The summed E-state index contributed by atoms with van der Waals surface area (Å²) in [5.74, 6) is -2.41. The van der Waals surface area contributed by atoms with Crippen LogP contribution < -0.4 is 0 Å². The maximum Gasteiger partial charge on any atom is 0.308 e. The molecule has 0 bridgehead atoms. The van der Waals surface area contributed by atoms with E-state index in [0.717, 1.165) is 0 Å². The number of rotatable bonds is 5. The first-order valence-corrected chi connectivity index (χ1v) is 5.23. The summed E-state index contributed by atoms with van der Waals surface area (Å²) in [5.41, 5.74) is 0. The molecule has 90 valence electrons. The van der Waals surface area contributed by atoms with Gasteiger partial charge in [-0.3, -0.25) is 14.4 Å². The first kappa shape index (κ1) is 12.5. The summed E-state index contributed by atoms with van der Waals surface area (Å²) < 4.78 is 0. The van der Waals surface area contributed by atoms with Crippen LogP contribution in [0, 0.1) is 5.92 Å². The summed E-state index contributed by atoms with van der Waals surface area (Å²) in [6.07, 6.45) is 0.947. The molecule has 2 N–H and O–H groups in total. The lowest BCUT2D eigenvalue weighted by Gasteiger charge is -2.15. The second-order valence-electron chi connectivity index (χ2n) is 3.91. The summed E-state index contributed by atoms with van der Waals surface area (Å²) in [6, 6.07) is 0. The Morgan fingerprint density at radius 1 is 1.19 bits per heavy atom. The van der Waals surface area contributed by atoms with E-state index < -0.39 is 17.9 Å². The standard InChI is InChI=1S/C10H15NO5/c12-8(2-1-3-9(13)14)11-5-4-7(6-11)10(15)16/h7H,1-6H2,(H,13,14)(H,15,16). The molecule has 1 aliphatic heterocycles. The van der Waals surface area contributed by atoms with Crippen LogP contribution in [0.3, 0.4) is 0 Å². The van der Waals surface area contributed by atoms with E-state index in [4.69, 9.17) is 10.2 Å². The number of hydrogen-bond acceptors (Lipinski definition) is 3. The van der Waals surface area contributed by atoms with E-state index >= 15 is 0 Å². The molecule has 1 unspecified atom stereocenters. The number of carbonyl (C=O) groups is 3. The highest BCUT2D eigenvalue weighted by Crippen LogP contribution is 2.17. The van der Waals surface area contributed by atoms with Crippen LogP contribution in [-0.2, 0) is 14.4 Å². The third-order valence-electron chi connectivity index (χ3n) is 2.67. The average molecular weight is 229 g/mol. The molecule has 1 heterocycles. The topological polar surface area (TPSA) is 94.9 Å². The zero-order valence-corrected chi connectivity index (χ0v) is 8.89. The second-order valence-corrected chi connectivity index (χ2v) is 3.91. The molecule has 1 atom stereocenters. The van der Waals surface area contributed by atoms with Gasteiger partial charge in [-0.05, 0) is 12.8 Å². The van der Waals surface area contributed by atoms with E-state index in [0.29, 0.717) is 19.4 Å². The lowest BCUT2D eigenvalue weighted by Crippen LogP contribution is -2.29. The van der Waals surface area contributed by atoms with Crippen LogP contribution in [0.15, 0.2) is 0 Å². The number of aliphatic carboxylic acids is 2. The zero-order valence-electron chi connectivity index (χ0n) is 8.89. The zero-order chi connectivity index (χ0) is 12.1. The van der Waals surface area contributed by atoms with Gasteiger partial charge in [0.15, 0.2) is 0 Å². The van der Waals surface area contributed by atoms with E-state index in [1.807, 2.05) is 0 Å². The largest absolute Gasteiger partial charge is 0.481 e. The Bertz CT molecular complexity index is 302. The smallest absolute Gasteiger partial charge is 0.308 e. The van der Waals surface area contributed by atoms with Crippen LogP contribution >= 0.6 is 0 Å². The first-order valence-electron chi connectivity index (χ1n) is 5.23. The van der Waals surface area contributed by atoms with Gasteiger partial charge in [-0.15, -0.1) is 0 Å². The van der Waals surface area contributed by atoms with E-state index in [1.54, 1.807) is 0 Å². The Morgan fingerprint density at radius 3 is 2.38 bits per heavy atom. The highest BCUT2D eigenvalue weighted by atomic mass is 16.4. The van der Waals surface area contributed by atoms with Gasteiger partial charge in [0.1, 0.15) is 0 Å². The molecular formula is C10H15NO5. The third-order valence-corrected chi connectivity index (χ3v) is 2.67. The Labute approximate surface area is 92.9 Å². The van der Waals surface area contributed by atoms with Crippen molar-refractivity contribution in [2.24, 2.45) is 5.92 Å². The lowest BCUT2D eigenvalue weighted by atomic mass is 10.1. The van der Waals surface area contributed by atoms with E-state index in [-0.39, 0.29) is 25.3 Å². The normalized spacial score (nSPS) is 19.8. The fourth-order valence-electron chi connectivity index (χ4n) is 1.74. The summed E-state index contributed by atoms with van der Waals surface area (Å²) in [7, 11) is 0. The Hall–Kier alpha value is -1.59. The van der Waals surface area contributed by atoms with Gasteiger partial charge in [0.25, 0.3) is 0 Å². The maximum atomic E-state index is 11.5. The molecule has 0 radical (unpaired) electrons. The fraction of sp³-hybridized carbons (Fsp3) is 0.700. The summed E-state index contributed by atoms with van der Waals surface area (Å²) in [5, 5.41) is 17.1. The average Bonchev–Trinajstić information content (AvgIpc) is 2.65. The van der Waals surface area contributed by atoms with E-state index in [9.17, 15) is 14.4 Å². The molecule has 1 rings (SSSR count). The molecule has 0 aliphatic carbocycles. The second kappa shape index (κ2) is 5.48. The number of likely N-dealkylation sites (tertiary alicyclic amines) is 1. The quantitative estimate of drug-likeness (QED) is 0.701. The molecule has 0 aromatic rings. The number of carboxylic acids is 2. The van der Waals surface area contributed by atoms with Crippen LogP contribution in [0.5, 0.6) is 0 Å². The molecule has 6 heteroatoms. The molecule has 16 heavy (non-hydrogen) atoms. The number of carboxylic acid groups (broad SMARTS) is 2. The molecule has 1 amide bonds. The Balaban J connectivity index is 2.28. The Morgan fingerprint density at radius 2 is 1.88 bits per heavy atom. The monoisotopic (exact) mass is 229 g/mol. The Kier molecular flexibility index (Phi) is 4.28. The van der Waals surface area contributed by atoms with Gasteiger partial charge in [-0.25, -0.2) is 0 Å². The highest BCUT2D eigenvalue weighted by Gasteiger charge is 2.30. The predicted molar refractivity (Wildman–Crippen MR) is 53.8 cm³/mol. The molecule has 6 nitrogen and oxygen atoms in total. The minimum atomic E-state index is -0.919. The van der Waals surface area contributed by atoms with Gasteiger partial charge < -0.3 is 15.1 Å². The van der Waals surface area contributed by atoms with Gasteiger partial charge in [0.2, 0.25) is 5.91 Å². The first-order chi connectivity index (χ1) is 7.50. The van der Waals surface area contributed by atoms with Crippen LogP contribution in [0.4, 0.5) is 0 Å². The minimum absolute atomic E-state index is 0.0259. The van der Waals surface area contributed by atoms with Crippen LogP contribution in [0.2, 0.25) is 0 Å². The van der Waals surface area contributed by atoms with Crippen LogP contribution in [0.25, 0.3) is 0 Å². The van der Waals surface area contributed by atoms with Gasteiger partial charge in [-0.2, -0.15) is 0 Å². The lowest BCUT2D eigenvalue weighted by molar-refractivity contribution is -0.141. The molecule has 0 aromatic carbocycles. The van der Waals surface area contributed by atoms with Gasteiger partial charge in [0.05, 0.1) is 5.92 Å². The maximum absolute atomic E-state index is 11.5. The van der Waals surface area contributed by atoms with Gasteiger partial charge in [-0.1, -0.05) is 0 Å². The van der Waals surface area contributed by atoms with Crippen molar-refractivity contribution < 1.29 is 24.6 Å². The molecule has 1 saturated heterocycles. The predicted octanol–water partition coefficient (Wildman–Crippen LogP) is 0.174. The molecule has 1 aliphatic rings. The molecule has 0 saturated carbocycles. The molecule has 0 spiro atoms. The van der Waals surface area contributed by atoms with Gasteiger partial charge >= 0.3 is 11.9 Å². The number of nitrogens with zero attached hydrogens (tertiary/aromatic N) is 1. The molecular weight excluding hydrogens is 214 g/mol. The summed E-state index contributed by atoms with van der Waals surface area (Å²) >= 11 is 0. The van der Waals surface area contributed by atoms with Crippen molar-refractivity contribution in [2.75, 3.05) is 13.1 Å². The fourth-order valence-corrected chi connectivity index (χ4v) is 1.74. The van der Waals surface area contributed by atoms with Crippen molar-refractivity contribution in [3.63, 3.8) is 0 Å². The number of amides is 1. The van der Waals surface area contributed by atoms with E-state index in [2.05, 4.69) is 0 Å². The van der Waals surface area contributed by atoms with E-state index in [1.165, 1.54) is 4.90 Å². The van der Waals surface area contributed by atoms with Crippen molar-refractivity contribution in [1.29, 1.82) is 0 Å². The van der Waals surface area contributed by atoms with Crippen molar-refractivity contribution >= 4 is 17.8 Å². The van der Waals surface area contributed by atoms with Crippen molar-refractivity contribution in [2.45, 2.75) is 25.7 Å². The number of carbonyl (C=O) groups excluding carboxylic acids is 1. The number of hydrogen-bond donors (Lipinski definition) is 2.